The van der Waals surface area contributed by atoms with Crippen molar-refractivity contribution in [3.05, 3.63) is 35.4 Å². The first-order valence-corrected chi connectivity index (χ1v) is 5.81. The zero-order chi connectivity index (χ0) is 10.3. The second kappa shape index (κ2) is 3.32. The summed E-state index contributed by atoms with van der Waals surface area (Å²) in [5.74, 6) is 0.674. The van der Waals surface area contributed by atoms with Crippen molar-refractivity contribution in [2.75, 3.05) is 13.1 Å². The van der Waals surface area contributed by atoms with Crippen molar-refractivity contribution in [1.82, 2.24) is 5.32 Å². The predicted octanol–water partition coefficient (Wildman–Crippen LogP) is 1.74. The number of hydrogen-bond acceptors (Lipinski definition) is 2. The molecule has 2 nitrogen and oxygen atoms in total. The molecule has 0 bridgehead atoms. The zero-order valence-corrected chi connectivity index (χ0v) is 8.87. The van der Waals surface area contributed by atoms with Crippen molar-refractivity contribution in [1.29, 1.82) is 0 Å². The number of rotatable bonds is 2. The Morgan fingerprint density at radius 2 is 1.93 bits per heavy atom. The van der Waals surface area contributed by atoms with Gasteiger partial charge in [0.1, 0.15) is 0 Å². The van der Waals surface area contributed by atoms with Gasteiger partial charge in [0.2, 0.25) is 0 Å². The fourth-order valence-corrected chi connectivity index (χ4v) is 2.41. The Bertz CT molecular complexity index is 347. The summed E-state index contributed by atoms with van der Waals surface area (Å²) >= 11 is 0. The lowest BCUT2D eigenvalue weighted by Crippen LogP contribution is -2.08. The van der Waals surface area contributed by atoms with E-state index in [1.54, 1.807) is 0 Å². The van der Waals surface area contributed by atoms with Gasteiger partial charge in [-0.25, -0.2) is 0 Å². The summed E-state index contributed by atoms with van der Waals surface area (Å²) in [4.78, 5) is 0. The van der Waals surface area contributed by atoms with E-state index in [-0.39, 0.29) is 0 Å². The molecule has 1 saturated carbocycles. The minimum absolute atomic E-state index is 0.480. The summed E-state index contributed by atoms with van der Waals surface area (Å²) < 4.78 is 0. The topological polar surface area (TPSA) is 32.3 Å². The molecular formula is C13H17NO. The summed E-state index contributed by atoms with van der Waals surface area (Å²) in [7, 11) is 0. The maximum Gasteiger partial charge on any atom is 0.0899 e. The van der Waals surface area contributed by atoms with Crippen LogP contribution in [0.15, 0.2) is 24.3 Å². The second-order valence-electron chi connectivity index (χ2n) is 4.84. The van der Waals surface area contributed by atoms with Crippen molar-refractivity contribution in [2.45, 2.75) is 30.8 Å². The van der Waals surface area contributed by atoms with E-state index in [9.17, 15) is 5.11 Å². The van der Waals surface area contributed by atoms with Crippen LogP contribution in [0.5, 0.6) is 0 Å². The molecule has 1 aromatic rings. The van der Waals surface area contributed by atoms with Crippen LogP contribution in [0.1, 0.15) is 36.3 Å². The Balaban J connectivity index is 1.81. The molecule has 3 rings (SSSR count). The molecule has 1 atom stereocenters. The van der Waals surface area contributed by atoms with Crippen LogP contribution in [0, 0.1) is 0 Å². The van der Waals surface area contributed by atoms with Crippen molar-refractivity contribution in [2.24, 2.45) is 0 Å². The Morgan fingerprint density at radius 3 is 2.47 bits per heavy atom. The molecule has 1 aromatic carbocycles. The van der Waals surface area contributed by atoms with E-state index in [2.05, 4.69) is 29.6 Å². The summed E-state index contributed by atoms with van der Waals surface area (Å²) in [5.41, 5.74) is 2.03. The summed E-state index contributed by atoms with van der Waals surface area (Å²) in [6.07, 6.45) is 3.10. The number of aliphatic hydroxyl groups is 1. The van der Waals surface area contributed by atoms with E-state index in [0.717, 1.165) is 31.5 Å². The van der Waals surface area contributed by atoms with Crippen LogP contribution < -0.4 is 5.32 Å². The number of nitrogens with one attached hydrogen (secondary N) is 1. The second-order valence-corrected chi connectivity index (χ2v) is 4.84. The molecule has 1 unspecified atom stereocenters. The highest BCUT2D eigenvalue weighted by atomic mass is 16.3. The van der Waals surface area contributed by atoms with Crippen LogP contribution >= 0.6 is 0 Å². The molecule has 1 aliphatic carbocycles. The Morgan fingerprint density at radius 1 is 1.20 bits per heavy atom. The predicted molar refractivity (Wildman–Crippen MR) is 59.8 cm³/mol. The van der Waals surface area contributed by atoms with E-state index >= 15 is 0 Å². The molecule has 1 aliphatic heterocycles. The van der Waals surface area contributed by atoms with Crippen LogP contribution in [0.3, 0.4) is 0 Å². The van der Waals surface area contributed by atoms with Crippen LogP contribution in [-0.2, 0) is 5.60 Å². The van der Waals surface area contributed by atoms with E-state index in [0.29, 0.717) is 5.92 Å². The lowest BCUT2D eigenvalue weighted by molar-refractivity contribution is 0.151. The molecule has 15 heavy (non-hydrogen) atoms. The summed E-state index contributed by atoms with van der Waals surface area (Å²) in [6, 6.07) is 8.56. The van der Waals surface area contributed by atoms with Crippen molar-refractivity contribution in [3.8, 4) is 0 Å². The van der Waals surface area contributed by atoms with Crippen LogP contribution in [0.4, 0.5) is 0 Å². The Labute approximate surface area is 90.3 Å². The van der Waals surface area contributed by atoms with Gasteiger partial charge in [0.25, 0.3) is 0 Å². The molecule has 2 heteroatoms. The molecule has 80 valence electrons. The average molecular weight is 203 g/mol. The standard InChI is InChI=1S/C13H17NO/c15-13(6-7-13)12-3-1-10(2-4-12)11-5-8-14-9-11/h1-4,11,14-15H,5-9H2. The summed E-state index contributed by atoms with van der Waals surface area (Å²) in [6.45, 7) is 2.24. The largest absolute Gasteiger partial charge is 0.385 e. The van der Waals surface area contributed by atoms with E-state index < -0.39 is 5.60 Å². The van der Waals surface area contributed by atoms with Gasteiger partial charge in [-0.2, -0.15) is 0 Å². The third-order valence-corrected chi connectivity index (χ3v) is 3.70. The molecular weight excluding hydrogens is 186 g/mol. The molecule has 2 N–H and O–H groups in total. The highest BCUT2D eigenvalue weighted by Crippen LogP contribution is 2.45. The molecule has 1 saturated heterocycles. The van der Waals surface area contributed by atoms with Gasteiger partial charge >= 0.3 is 0 Å². The molecule has 2 aliphatic rings. The highest BCUT2D eigenvalue weighted by Gasteiger charge is 2.41. The fourth-order valence-electron chi connectivity index (χ4n) is 2.41. The van der Waals surface area contributed by atoms with Crippen LogP contribution in [-0.4, -0.2) is 18.2 Å². The third kappa shape index (κ3) is 1.68. The van der Waals surface area contributed by atoms with Crippen molar-refractivity contribution in [3.63, 3.8) is 0 Å². The first-order chi connectivity index (χ1) is 7.28. The maximum absolute atomic E-state index is 9.94. The normalized spacial score (nSPS) is 27.9. The van der Waals surface area contributed by atoms with Gasteiger partial charge in [-0.15, -0.1) is 0 Å². The van der Waals surface area contributed by atoms with Crippen molar-refractivity contribution < 1.29 is 5.11 Å². The van der Waals surface area contributed by atoms with E-state index in [1.165, 1.54) is 12.0 Å². The van der Waals surface area contributed by atoms with Crippen LogP contribution in [0.25, 0.3) is 0 Å². The average Bonchev–Trinajstić information content (AvgIpc) is 2.84. The minimum atomic E-state index is -0.480. The maximum atomic E-state index is 9.94. The molecule has 0 spiro atoms. The SMILES string of the molecule is OC1(c2ccc(C3CCNC3)cc2)CC1. The lowest BCUT2D eigenvalue weighted by Gasteiger charge is -2.12. The quantitative estimate of drug-likeness (QED) is 0.767. The number of hydrogen-bond donors (Lipinski definition) is 2. The number of benzene rings is 1. The van der Waals surface area contributed by atoms with Gasteiger partial charge < -0.3 is 10.4 Å². The van der Waals surface area contributed by atoms with Crippen LogP contribution in [0.2, 0.25) is 0 Å². The van der Waals surface area contributed by atoms with Gasteiger partial charge in [-0.05, 0) is 42.9 Å². The summed E-state index contributed by atoms with van der Waals surface area (Å²) in [5, 5.41) is 13.3. The van der Waals surface area contributed by atoms with Gasteiger partial charge in [0.05, 0.1) is 5.60 Å². The molecule has 1 heterocycles. The lowest BCUT2D eigenvalue weighted by atomic mass is 9.96. The monoisotopic (exact) mass is 203 g/mol. The van der Waals surface area contributed by atoms with E-state index in [1.807, 2.05) is 0 Å². The van der Waals surface area contributed by atoms with Gasteiger partial charge in [-0.3, -0.25) is 0 Å². The first kappa shape index (κ1) is 9.37. The van der Waals surface area contributed by atoms with Crippen molar-refractivity contribution >= 4 is 0 Å². The Hall–Kier alpha value is -0.860. The zero-order valence-electron chi connectivity index (χ0n) is 8.87. The molecule has 0 radical (unpaired) electrons. The van der Waals surface area contributed by atoms with Gasteiger partial charge in [-0.1, -0.05) is 24.3 Å². The minimum Gasteiger partial charge on any atom is -0.385 e. The van der Waals surface area contributed by atoms with Gasteiger partial charge in [0.15, 0.2) is 0 Å². The van der Waals surface area contributed by atoms with E-state index in [4.69, 9.17) is 0 Å². The first-order valence-electron chi connectivity index (χ1n) is 5.81. The highest BCUT2D eigenvalue weighted by molar-refractivity contribution is 5.32. The Kier molecular flexibility index (Phi) is 2.08. The molecule has 0 amide bonds. The molecule has 0 aromatic heterocycles. The third-order valence-electron chi connectivity index (χ3n) is 3.70. The molecule has 2 fully saturated rings. The smallest absolute Gasteiger partial charge is 0.0899 e. The van der Waals surface area contributed by atoms with Gasteiger partial charge in [0, 0.05) is 6.54 Å². The fraction of sp³-hybridized carbons (Fsp3) is 0.538.